The fourth-order valence-electron chi connectivity index (χ4n) is 8.24. The zero-order chi connectivity index (χ0) is 37.3. The fraction of sp³-hybridized carbons (Fsp3) is 0.625. The standard InChI is InChI=1S/2C19H28NO3.C2H5NO2.ClH/c2*1-20(2)13-12-17(14-20)23-18(21)19(22,16-10-6-7-11-16)15-8-4-3-5-9-15;3-1-2(4)5;/h2*3-5,8-9,16-17,22H,6-7,10-14H2,1-2H3;1,3H2,(H,4,5);1H/q2*+1;;/p-2. The summed E-state index contributed by atoms with van der Waals surface area (Å²) in [6.45, 7) is 3.26. The van der Waals surface area contributed by atoms with E-state index in [4.69, 9.17) is 19.4 Å². The number of quaternary nitrogens is 2. The number of likely N-dealkylation sites (tertiary alicyclic amines) is 2. The molecule has 4 N–H and O–H groups in total. The van der Waals surface area contributed by atoms with Gasteiger partial charge in [0.15, 0.2) is 23.4 Å². The van der Waals surface area contributed by atoms with E-state index in [2.05, 4.69) is 33.9 Å². The highest BCUT2D eigenvalue weighted by atomic mass is 35.5. The first-order chi connectivity index (χ1) is 24.1. The zero-order valence-electron chi connectivity index (χ0n) is 31.4. The first-order valence-electron chi connectivity index (χ1n) is 18.6. The first kappa shape index (κ1) is 43.3. The summed E-state index contributed by atoms with van der Waals surface area (Å²) in [6, 6.07) is 18.7. The predicted octanol–water partition coefficient (Wildman–Crippen LogP) is -0.388. The van der Waals surface area contributed by atoms with Crippen molar-refractivity contribution in [2.24, 2.45) is 17.6 Å². The van der Waals surface area contributed by atoms with Crippen LogP contribution in [-0.2, 0) is 35.1 Å². The third-order valence-corrected chi connectivity index (χ3v) is 11.2. The molecule has 4 atom stereocenters. The Morgan fingerprint density at radius 1 is 0.673 bits per heavy atom. The molecule has 4 unspecified atom stereocenters. The zero-order valence-corrected chi connectivity index (χ0v) is 32.1. The Labute approximate surface area is 315 Å². The van der Waals surface area contributed by atoms with Crippen LogP contribution in [0.3, 0.4) is 0 Å². The van der Waals surface area contributed by atoms with E-state index in [1.54, 1.807) is 0 Å². The van der Waals surface area contributed by atoms with Gasteiger partial charge in [-0.25, -0.2) is 9.59 Å². The molecule has 0 amide bonds. The van der Waals surface area contributed by atoms with Gasteiger partial charge in [-0.3, -0.25) is 0 Å². The van der Waals surface area contributed by atoms with Crippen molar-refractivity contribution in [3.8, 4) is 0 Å². The molecule has 2 saturated carbocycles. The molecule has 0 bridgehead atoms. The normalized spacial score (nSPS) is 24.4. The largest absolute Gasteiger partial charge is 1.00 e. The van der Waals surface area contributed by atoms with Gasteiger partial charge in [0, 0.05) is 31.2 Å². The van der Waals surface area contributed by atoms with E-state index in [9.17, 15) is 19.8 Å². The topological polar surface area (TPSA) is 159 Å². The average Bonchev–Trinajstić information content (AvgIpc) is 3.95. The molecule has 52 heavy (non-hydrogen) atoms. The Morgan fingerprint density at radius 3 is 1.23 bits per heavy atom. The number of carbonyl (C=O) groups excluding carboxylic acids is 3. The van der Waals surface area contributed by atoms with E-state index in [-0.39, 0.29) is 43.0 Å². The molecule has 2 aromatic rings. The molecule has 2 aliphatic heterocycles. The van der Waals surface area contributed by atoms with Crippen LogP contribution >= 0.6 is 0 Å². The maximum absolute atomic E-state index is 12.9. The number of aliphatic hydroxyl groups is 2. The summed E-state index contributed by atoms with van der Waals surface area (Å²) in [5.41, 5.74) is 2.84. The second-order valence-corrected chi connectivity index (χ2v) is 16.1. The number of carboxylic acids is 1. The lowest BCUT2D eigenvalue weighted by Gasteiger charge is -2.33. The summed E-state index contributed by atoms with van der Waals surface area (Å²) in [6.07, 6.45) is 9.37. The van der Waals surface area contributed by atoms with E-state index < -0.39 is 29.1 Å². The van der Waals surface area contributed by atoms with Gasteiger partial charge in [0.05, 0.1) is 47.2 Å². The lowest BCUT2D eigenvalue weighted by atomic mass is 9.80. The number of carbonyl (C=O) groups is 3. The number of likely N-dealkylation sites (N-methyl/N-ethyl adjacent to an activating group) is 2. The smallest absolute Gasteiger partial charge is 0.343 e. The summed E-state index contributed by atoms with van der Waals surface area (Å²) in [4.78, 5) is 35.0. The van der Waals surface area contributed by atoms with Gasteiger partial charge in [0.1, 0.15) is 13.1 Å². The van der Waals surface area contributed by atoms with Crippen molar-refractivity contribution < 1.29 is 60.6 Å². The molecule has 11 nitrogen and oxygen atoms in total. The third-order valence-electron chi connectivity index (χ3n) is 11.2. The quantitative estimate of drug-likeness (QED) is 0.230. The lowest BCUT2D eigenvalue weighted by molar-refractivity contribution is -0.879. The number of hydrogen-bond acceptors (Lipinski definition) is 9. The maximum atomic E-state index is 12.9. The molecule has 2 aromatic carbocycles. The first-order valence-corrected chi connectivity index (χ1v) is 18.6. The molecule has 0 radical (unpaired) electrons. The van der Waals surface area contributed by atoms with E-state index in [1.807, 2.05) is 60.7 Å². The van der Waals surface area contributed by atoms with Gasteiger partial charge in [-0.2, -0.15) is 0 Å². The van der Waals surface area contributed by atoms with Crippen molar-refractivity contribution in [2.45, 2.75) is 87.6 Å². The summed E-state index contributed by atoms with van der Waals surface area (Å²) in [5.74, 6) is -2.21. The number of ether oxygens (including phenoxy) is 2. The molecule has 6 rings (SSSR count). The van der Waals surface area contributed by atoms with Crippen molar-refractivity contribution in [2.75, 3.05) is 60.9 Å². The Balaban J connectivity index is 0.000000244. The molecule has 4 fully saturated rings. The van der Waals surface area contributed by atoms with Crippen LogP contribution in [0.25, 0.3) is 0 Å². The minimum absolute atomic E-state index is 0. The fourth-order valence-corrected chi connectivity index (χ4v) is 8.24. The molecule has 4 aliphatic rings. The van der Waals surface area contributed by atoms with Crippen LogP contribution in [0.1, 0.15) is 75.3 Å². The molecule has 0 spiro atoms. The number of carboxylic acid groups (broad SMARTS) is 1. The number of halogens is 1. The van der Waals surface area contributed by atoms with Gasteiger partial charge < -0.3 is 56.7 Å². The van der Waals surface area contributed by atoms with Crippen LogP contribution in [0.15, 0.2) is 60.7 Å². The minimum atomic E-state index is -1.50. The highest BCUT2D eigenvalue weighted by Crippen LogP contribution is 2.43. The molecule has 2 aliphatic carbocycles. The van der Waals surface area contributed by atoms with Crippen molar-refractivity contribution in [1.29, 1.82) is 0 Å². The van der Waals surface area contributed by atoms with Gasteiger partial charge in [0.2, 0.25) is 0 Å². The highest BCUT2D eigenvalue weighted by molar-refractivity contribution is 5.82. The number of nitrogens with two attached hydrogens (primary N) is 1. The summed E-state index contributed by atoms with van der Waals surface area (Å²) in [5, 5.41) is 31.9. The van der Waals surface area contributed by atoms with Crippen molar-refractivity contribution in [3.63, 3.8) is 0 Å². The maximum Gasteiger partial charge on any atom is 0.343 e. The average molecular weight is 746 g/mol. The van der Waals surface area contributed by atoms with Crippen LogP contribution < -0.4 is 23.2 Å². The van der Waals surface area contributed by atoms with Crippen molar-refractivity contribution in [1.82, 2.24) is 0 Å². The number of rotatable bonds is 9. The second kappa shape index (κ2) is 18.8. The number of hydrogen-bond donors (Lipinski definition) is 3. The van der Waals surface area contributed by atoms with Gasteiger partial charge in [0.25, 0.3) is 0 Å². The van der Waals surface area contributed by atoms with Crippen LogP contribution in [-0.4, -0.2) is 110 Å². The van der Waals surface area contributed by atoms with E-state index >= 15 is 0 Å². The third kappa shape index (κ3) is 11.0. The number of aliphatic carboxylic acids is 1. The predicted molar refractivity (Wildman–Crippen MR) is 191 cm³/mol. The Hall–Kier alpha value is -3.06. The lowest BCUT2D eigenvalue weighted by Crippen LogP contribution is -3.00. The summed E-state index contributed by atoms with van der Waals surface area (Å²) >= 11 is 0. The number of benzene rings is 2. The van der Waals surface area contributed by atoms with Crippen molar-refractivity contribution >= 4 is 17.9 Å². The van der Waals surface area contributed by atoms with Crippen LogP contribution in [0.2, 0.25) is 0 Å². The molecule has 12 heteroatoms. The van der Waals surface area contributed by atoms with Gasteiger partial charge in [-0.15, -0.1) is 0 Å². The summed E-state index contributed by atoms with van der Waals surface area (Å²) in [7, 11) is 8.59. The molecule has 2 heterocycles. The van der Waals surface area contributed by atoms with E-state index in [0.717, 1.165) is 99.4 Å². The Bertz CT molecular complexity index is 1330. The highest BCUT2D eigenvalue weighted by Gasteiger charge is 2.51. The van der Waals surface area contributed by atoms with Crippen LogP contribution in [0, 0.1) is 11.8 Å². The van der Waals surface area contributed by atoms with E-state index in [0.29, 0.717) is 11.1 Å². The Morgan fingerprint density at radius 2 is 0.981 bits per heavy atom. The second-order valence-electron chi connectivity index (χ2n) is 16.1. The number of nitrogens with zero attached hydrogens (tertiary/aromatic N) is 2. The van der Waals surface area contributed by atoms with E-state index in [1.165, 1.54) is 0 Å². The molecular weight excluding hydrogens is 686 g/mol. The van der Waals surface area contributed by atoms with Crippen molar-refractivity contribution in [3.05, 3.63) is 71.8 Å². The van der Waals surface area contributed by atoms with Crippen LogP contribution in [0.4, 0.5) is 0 Å². The van der Waals surface area contributed by atoms with Crippen LogP contribution in [0.5, 0.6) is 0 Å². The minimum Gasteiger partial charge on any atom is -1.00 e. The van der Waals surface area contributed by atoms with Gasteiger partial charge in [-0.05, 0) is 36.8 Å². The SMILES string of the molecule is C[N+]1(C)CCC(OC(=O)C(O)(c2ccccc2)C2CCCC2)C1.C[N+]1(C)CCC(OC(=O)C(O)(c2ccccc2)C2CCCC2)C1.NCC(=O)[O-].[Cl-]. The van der Waals surface area contributed by atoms with Gasteiger partial charge >= 0.3 is 11.9 Å². The summed E-state index contributed by atoms with van der Waals surface area (Å²) < 4.78 is 13.3. The molecular formula is C40H60ClN3O8. The molecule has 0 aromatic heterocycles. The van der Waals surface area contributed by atoms with Gasteiger partial charge in [-0.1, -0.05) is 86.3 Å². The molecule has 2 saturated heterocycles. The number of esters is 2. The monoisotopic (exact) mass is 745 g/mol. The Kier molecular flexibility index (Phi) is 15.7. The molecule has 290 valence electrons.